The fraction of sp³-hybridized carbons (Fsp3) is 0.190. The van der Waals surface area contributed by atoms with Crippen molar-refractivity contribution in [2.45, 2.75) is 12.8 Å². The Morgan fingerprint density at radius 2 is 2.00 bits per heavy atom. The highest BCUT2D eigenvalue weighted by atomic mass is 35.5. The Labute approximate surface area is 171 Å². The Morgan fingerprint density at radius 3 is 2.79 bits per heavy atom. The van der Waals surface area contributed by atoms with E-state index in [1.165, 1.54) is 12.1 Å². The van der Waals surface area contributed by atoms with Gasteiger partial charge >= 0.3 is 0 Å². The zero-order valence-electron chi connectivity index (χ0n) is 15.7. The summed E-state index contributed by atoms with van der Waals surface area (Å²) in [5, 5.41) is 5.61. The number of halogens is 2. The first-order valence-electron chi connectivity index (χ1n) is 9.07. The van der Waals surface area contributed by atoms with E-state index in [1.54, 1.807) is 24.1 Å². The van der Waals surface area contributed by atoms with Crippen LogP contribution in [0.25, 0.3) is 22.5 Å². The number of aromatic amines is 1. The maximum Gasteiger partial charge on any atom is 0.274 e. The third-order valence-electron chi connectivity index (χ3n) is 4.65. The monoisotopic (exact) mass is 412 g/mol. The zero-order valence-corrected chi connectivity index (χ0v) is 16.4. The molecule has 6 nitrogen and oxygen atoms in total. The summed E-state index contributed by atoms with van der Waals surface area (Å²) in [7, 11) is 1.72. The SMILES string of the molecule is CN(CCc1noc(-c2cc3cc(Cl)ccc3[nH]2)n1)C(=O)Cc1ccc(F)cc1. The molecule has 0 aliphatic rings. The molecule has 0 unspecified atom stereocenters. The lowest BCUT2D eigenvalue weighted by Crippen LogP contribution is -2.30. The molecule has 0 fully saturated rings. The van der Waals surface area contributed by atoms with E-state index in [9.17, 15) is 9.18 Å². The molecule has 0 spiro atoms. The second-order valence-electron chi connectivity index (χ2n) is 6.80. The van der Waals surface area contributed by atoms with E-state index in [0.29, 0.717) is 35.4 Å². The molecule has 1 N–H and O–H groups in total. The predicted octanol–water partition coefficient (Wildman–Crippen LogP) is 4.25. The van der Waals surface area contributed by atoms with Gasteiger partial charge in [0.25, 0.3) is 5.89 Å². The van der Waals surface area contributed by atoms with E-state index >= 15 is 0 Å². The molecule has 8 heteroatoms. The Morgan fingerprint density at radius 1 is 1.21 bits per heavy atom. The number of H-pyrrole nitrogens is 1. The number of nitrogens with one attached hydrogen (secondary N) is 1. The summed E-state index contributed by atoms with van der Waals surface area (Å²) in [4.78, 5) is 21.5. The number of carbonyl (C=O) groups is 1. The van der Waals surface area contributed by atoms with E-state index in [1.807, 2.05) is 24.3 Å². The summed E-state index contributed by atoms with van der Waals surface area (Å²) in [6.07, 6.45) is 0.674. The molecule has 2 aromatic carbocycles. The van der Waals surface area contributed by atoms with Crippen LogP contribution in [0.4, 0.5) is 4.39 Å². The number of hydrogen-bond donors (Lipinski definition) is 1. The molecule has 29 heavy (non-hydrogen) atoms. The highest BCUT2D eigenvalue weighted by Gasteiger charge is 2.14. The van der Waals surface area contributed by atoms with Gasteiger partial charge in [0.2, 0.25) is 5.91 Å². The first kappa shape index (κ1) is 19.1. The fourth-order valence-electron chi connectivity index (χ4n) is 2.99. The number of aromatic nitrogens is 3. The number of benzene rings is 2. The molecular formula is C21H18ClFN4O2. The molecule has 0 aliphatic carbocycles. The molecule has 0 saturated carbocycles. The first-order chi connectivity index (χ1) is 14.0. The van der Waals surface area contributed by atoms with Crippen molar-refractivity contribution in [1.29, 1.82) is 0 Å². The van der Waals surface area contributed by atoms with Crippen molar-refractivity contribution in [2.24, 2.45) is 0 Å². The number of fused-ring (bicyclic) bond motifs is 1. The van der Waals surface area contributed by atoms with E-state index in [4.69, 9.17) is 16.1 Å². The largest absolute Gasteiger partial charge is 0.351 e. The van der Waals surface area contributed by atoms with Crippen molar-refractivity contribution in [3.05, 3.63) is 70.8 Å². The molecule has 4 rings (SSSR count). The van der Waals surface area contributed by atoms with Crippen molar-refractivity contribution in [1.82, 2.24) is 20.0 Å². The molecule has 0 saturated heterocycles. The van der Waals surface area contributed by atoms with Gasteiger partial charge in [-0.1, -0.05) is 28.9 Å². The van der Waals surface area contributed by atoms with E-state index in [0.717, 1.165) is 16.5 Å². The van der Waals surface area contributed by atoms with Gasteiger partial charge < -0.3 is 14.4 Å². The summed E-state index contributed by atoms with van der Waals surface area (Å²) in [5.41, 5.74) is 2.40. The lowest BCUT2D eigenvalue weighted by atomic mass is 10.1. The van der Waals surface area contributed by atoms with Gasteiger partial charge in [-0.25, -0.2) is 4.39 Å². The molecule has 4 aromatic rings. The highest BCUT2D eigenvalue weighted by molar-refractivity contribution is 6.31. The lowest BCUT2D eigenvalue weighted by Gasteiger charge is -2.16. The lowest BCUT2D eigenvalue weighted by molar-refractivity contribution is -0.129. The highest BCUT2D eigenvalue weighted by Crippen LogP contribution is 2.25. The summed E-state index contributed by atoms with van der Waals surface area (Å²) in [6.45, 7) is 0.446. The second-order valence-corrected chi connectivity index (χ2v) is 7.24. The smallest absolute Gasteiger partial charge is 0.274 e. The number of nitrogens with zero attached hydrogens (tertiary/aromatic N) is 3. The minimum Gasteiger partial charge on any atom is -0.351 e. The van der Waals surface area contributed by atoms with Gasteiger partial charge in [0, 0.05) is 35.9 Å². The molecule has 2 heterocycles. The molecule has 1 amide bonds. The minimum absolute atomic E-state index is 0.0622. The van der Waals surface area contributed by atoms with Crippen LogP contribution in [0, 0.1) is 5.82 Å². The average molecular weight is 413 g/mol. The van der Waals surface area contributed by atoms with Crippen LogP contribution in [0.15, 0.2) is 53.1 Å². The van der Waals surface area contributed by atoms with Gasteiger partial charge in [-0.2, -0.15) is 4.98 Å². The third kappa shape index (κ3) is 4.46. The van der Waals surface area contributed by atoms with Crippen LogP contribution in [0.3, 0.4) is 0 Å². The van der Waals surface area contributed by atoms with Crippen LogP contribution < -0.4 is 0 Å². The quantitative estimate of drug-likeness (QED) is 0.513. The van der Waals surface area contributed by atoms with E-state index in [-0.39, 0.29) is 18.1 Å². The van der Waals surface area contributed by atoms with Crippen LogP contribution in [-0.2, 0) is 17.6 Å². The average Bonchev–Trinajstić information content (AvgIpc) is 3.34. The second kappa shape index (κ2) is 8.05. The van der Waals surface area contributed by atoms with Gasteiger partial charge in [-0.3, -0.25) is 4.79 Å². The van der Waals surface area contributed by atoms with Crippen molar-refractivity contribution >= 4 is 28.4 Å². The van der Waals surface area contributed by atoms with Crippen molar-refractivity contribution in [3.8, 4) is 11.6 Å². The van der Waals surface area contributed by atoms with Crippen molar-refractivity contribution < 1.29 is 13.7 Å². The van der Waals surface area contributed by atoms with E-state index in [2.05, 4.69) is 15.1 Å². The van der Waals surface area contributed by atoms with Gasteiger partial charge in [-0.05, 0) is 42.0 Å². The molecule has 0 radical (unpaired) electrons. The number of hydrogen-bond acceptors (Lipinski definition) is 4. The summed E-state index contributed by atoms with van der Waals surface area (Å²) in [5.74, 6) is 0.513. The van der Waals surface area contributed by atoms with Crippen molar-refractivity contribution in [2.75, 3.05) is 13.6 Å². The van der Waals surface area contributed by atoms with Crippen LogP contribution in [-0.4, -0.2) is 39.5 Å². The number of rotatable bonds is 6. The predicted molar refractivity (Wildman–Crippen MR) is 108 cm³/mol. The number of likely N-dealkylation sites (N-methyl/N-ethyl adjacent to an activating group) is 1. The fourth-order valence-corrected chi connectivity index (χ4v) is 3.17. The van der Waals surface area contributed by atoms with Crippen LogP contribution in [0.5, 0.6) is 0 Å². The Hall–Kier alpha value is -3.19. The number of amides is 1. The summed E-state index contributed by atoms with van der Waals surface area (Å²) >= 11 is 6.02. The molecule has 0 aliphatic heterocycles. The van der Waals surface area contributed by atoms with Crippen molar-refractivity contribution in [3.63, 3.8) is 0 Å². The minimum atomic E-state index is -0.319. The van der Waals surface area contributed by atoms with Gasteiger partial charge in [0.1, 0.15) is 11.5 Å². The molecule has 2 aromatic heterocycles. The Balaban J connectivity index is 1.37. The van der Waals surface area contributed by atoms with E-state index < -0.39 is 0 Å². The Kier molecular flexibility index (Phi) is 5.31. The maximum atomic E-state index is 13.0. The molecule has 0 atom stereocenters. The zero-order chi connectivity index (χ0) is 20.4. The summed E-state index contributed by atoms with van der Waals surface area (Å²) < 4.78 is 18.3. The normalized spacial score (nSPS) is 11.1. The molecule has 0 bridgehead atoms. The van der Waals surface area contributed by atoms with Gasteiger partial charge in [-0.15, -0.1) is 0 Å². The van der Waals surface area contributed by atoms with Crippen LogP contribution in [0.2, 0.25) is 5.02 Å². The molecule has 148 valence electrons. The van der Waals surface area contributed by atoms with Crippen LogP contribution >= 0.6 is 11.6 Å². The van der Waals surface area contributed by atoms with Gasteiger partial charge in [0.05, 0.1) is 6.42 Å². The maximum absolute atomic E-state index is 13.0. The first-order valence-corrected chi connectivity index (χ1v) is 9.45. The number of carbonyl (C=O) groups excluding carboxylic acids is 1. The third-order valence-corrected chi connectivity index (χ3v) is 4.88. The molecular weight excluding hydrogens is 395 g/mol. The van der Waals surface area contributed by atoms with Crippen LogP contribution in [0.1, 0.15) is 11.4 Å². The summed E-state index contributed by atoms with van der Waals surface area (Å²) in [6, 6.07) is 13.4. The topological polar surface area (TPSA) is 75.0 Å². The standard InChI is InChI=1S/C21H18ClFN4O2/c1-27(20(28)10-13-2-5-16(23)6-3-13)9-8-19-25-21(29-26-19)18-12-14-11-15(22)4-7-17(14)24-18/h2-7,11-12,24H,8-10H2,1H3. The Bertz CT molecular complexity index is 1150. The van der Waals surface area contributed by atoms with Gasteiger partial charge in [0.15, 0.2) is 5.82 Å².